The molecule has 1 saturated heterocycles. The van der Waals surface area contributed by atoms with Gasteiger partial charge in [-0.15, -0.1) is 11.3 Å². The number of carbonyl (C=O) groups is 1. The smallest absolute Gasteiger partial charge is 0.223 e. The van der Waals surface area contributed by atoms with Crippen molar-refractivity contribution in [1.29, 1.82) is 0 Å². The van der Waals surface area contributed by atoms with Crippen LogP contribution in [0.5, 0.6) is 0 Å². The molecule has 1 atom stereocenters. The van der Waals surface area contributed by atoms with Gasteiger partial charge in [0.1, 0.15) is 0 Å². The van der Waals surface area contributed by atoms with Crippen LogP contribution in [0, 0.1) is 0 Å². The Hall–Kier alpha value is -2.65. The van der Waals surface area contributed by atoms with Gasteiger partial charge in [0, 0.05) is 43.5 Å². The van der Waals surface area contributed by atoms with Crippen molar-refractivity contribution >= 4 is 48.7 Å². The molecular formula is C21H24N4O3S2. The van der Waals surface area contributed by atoms with Gasteiger partial charge in [-0.05, 0) is 37.3 Å². The van der Waals surface area contributed by atoms with Crippen LogP contribution in [0.1, 0.15) is 13.3 Å². The molecule has 0 spiro atoms. The van der Waals surface area contributed by atoms with Crippen molar-refractivity contribution < 1.29 is 13.2 Å². The summed E-state index contributed by atoms with van der Waals surface area (Å²) >= 11 is 1.30. The fourth-order valence-corrected chi connectivity index (χ4v) is 6.42. The average Bonchev–Trinajstić information content (AvgIpc) is 3.21. The molecule has 2 heterocycles. The predicted octanol–water partition coefficient (Wildman–Crippen LogP) is 2.78. The second kappa shape index (κ2) is 8.23. The molecule has 4 rings (SSSR count). The Bertz CT molecular complexity index is 1180. The molecule has 9 heteroatoms. The largest absolute Gasteiger partial charge is 0.399 e. The van der Waals surface area contributed by atoms with E-state index in [0.29, 0.717) is 35.5 Å². The van der Waals surface area contributed by atoms with E-state index in [1.807, 2.05) is 31.2 Å². The first-order valence-corrected chi connectivity index (χ1v) is 12.3. The number of aromatic nitrogens is 1. The predicted molar refractivity (Wildman–Crippen MR) is 121 cm³/mol. The highest BCUT2D eigenvalue weighted by Gasteiger charge is 2.29. The van der Waals surface area contributed by atoms with Gasteiger partial charge in [-0.25, -0.2) is 13.4 Å². The first-order chi connectivity index (χ1) is 14.3. The summed E-state index contributed by atoms with van der Waals surface area (Å²) in [6, 6.07) is 12.8. The number of benzene rings is 2. The lowest BCUT2D eigenvalue weighted by Gasteiger charge is -2.41. The number of sulfone groups is 1. The Labute approximate surface area is 180 Å². The quantitative estimate of drug-likeness (QED) is 0.608. The lowest BCUT2D eigenvalue weighted by molar-refractivity contribution is -0.133. The van der Waals surface area contributed by atoms with E-state index >= 15 is 0 Å². The molecule has 1 aliphatic rings. The third-order valence-electron chi connectivity index (χ3n) is 5.42. The van der Waals surface area contributed by atoms with Crippen LogP contribution in [0.2, 0.25) is 0 Å². The highest BCUT2D eigenvalue weighted by molar-refractivity contribution is 7.91. The maximum Gasteiger partial charge on any atom is 0.223 e. The Balaban J connectivity index is 1.40. The van der Waals surface area contributed by atoms with E-state index in [4.69, 9.17) is 5.73 Å². The van der Waals surface area contributed by atoms with E-state index < -0.39 is 9.84 Å². The molecule has 1 amide bonds. The molecule has 0 aliphatic carbocycles. The molecule has 7 nitrogen and oxygen atoms in total. The minimum absolute atomic E-state index is 0.0136. The summed E-state index contributed by atoms with van der Waals surface area (Å²) in [5.74, 6) is -0.333. The van der Waals surface area contributed by atoms with E-state index in [0.717, 1.165) is 5.69 Å². The molecule has 2 aromatic carbocycles. The summed E-state index contributed by atoms with van der Waals surface area (Å²) in [7, 11) is -3.57. The maximum absolute atomic E-state index is 12.9. The van der Waals surface area contributed by atoms with Crippen molar-refractivity contribution in [2.75, 3.05) is 36.0 Å². The molecule has 0 radical (unpaired) electrons. The lowest BCUT2D eigenvalue weighted by Crippen LogP contribution is -2.54. The van der Waals surface area contributed by atoms with Crippen molar-refractivity contribution in [2.45, 2.75) is 24.3 Å². The van der Waals surface area contributed by atoms with Gasteiger partial charge in [-0.2, -0.15) is 0 Å². The topological polar surface area (TPSA) is 96.6 Å². The number of nitrogen functional groups attached to an aromatic ring is 1. The van der Waals surface area contributed by atoms with E-state index in [2.05, 4.69) is 9.88 Å². The van der Waals surface area contributed by atoms with Crippen LogP contribution >= 0.6 is 11.3 Å². The van der Waals surface area contributed by atoms with Crippen LogP contribution in [0.4, 0.5) is 11.4 Å². The third-order valence-corrected chi connectivity index (χ3v) is 8.18. The zero-order valence-corrected chi connectivity index (χ0v) is 18.3. The summed E-state index contributed by atoms with van der Waals surface area (Å²) < 4.78 is 26.4. The van der Waals surface area contributed by atoms with Gasteiger partial charge in [0.2, 0.25) is 5.91 Å². The number of rotatable bonds is 5. The number of amides is 1. The van der Waals surface area contributed by atoms with E-state index in [-0.39, 0.29) is 29.0 Å². The number of hydrogen-bond donors (Lipinski definition) is 1. The molecule has 158 valence electrons. The standard InChI is InChI=1S/C21H24N4O3S2/c1-15-13-24(17-5-2-4-16(22)12-17)9-10-25(15)20(26)8-11-30(27,28)19-7-3-6-18-21(19)29-14-23-18/h2-7,12,14-15H,8-11,13,22H2,1H3/t15-/m0/s1. The van der Waals surface area contributed by atoms with Gasteiger partial charge in [0.05, 0.1) is 26.4 Å². The van der Waals surface area contributed by atoms with Crippen molar-refractivity contribution in [2.24, 2.45) is 0 Å². The summed E-state index contributed by atoms with van der Waals surface area (Å²) in [5.41, 5.74) is 9.93. The van der Waals surface area contributed by atoms with Gasteiger partial charge in [-0.3, -0.25) is 4.79 Å². The molecule has 3 aromatic rings. The molecule has 30 heavy (non-hydrogen) atoms. The number of anilines is 2. The Morgan fingerprint density at radius 1 is 1.23 bits per heavy atom. The van der Waals surface area contributed by atoms with E-state index in [1.54, 1.807) is 28.6 Å². The van der Waals surface area contributed by atoms with Crippen molar-refractivity contribution in [1.82, 2.24) is 9.88 Å². The second-order valence-corrected chi connectivity index (χ2v) is 10.4. The minimum atomic E-state index is -3.57. The van der Waals surface area contributed by atoms with Gasteiger partial charge in [0.15, 0.2) is 9.84 Å². The monoisotopic (exact) mass is 444 g/mol. The van der Waals surface area contributed by atoms with E-state index in [9.17, 15) is 13.2 Å². The summed E-state index contributed by atoms with van der Waals surface area (Å²) in [6.45, 7) is 3.91. The number of piperazine rings is 1. The molecular weight excluding hydrogens is 420 g/mol. The third kappa shape index (κ3) is 4.13. The minimum Gasteiger partial charge on any atom is -0.399 e. The highest BCUT2D eigenvalue weighted by Crippen LogP contribution is 2.27. The number of fused-ring (bicyclic) bond motifs is 1. The molecule has 1 aliphatic heterocycles. The van der Waals surface area contributed by atoms with Gasteiger partial charge >= 0.3 is 0 Å². The number of hydrogen-bond acceptors (Lipinski definition) is 7. The van der Waals surface area contributed by atoms with Crippen molar-refractivity contribution in [3.8, 4) is 0 Å². The van der Waals surface area contributed by atoms with Gasteiger partial charge < -0.3 is 15.5 Å². The number of nitrogens with zero attached hydrogens (tertiary/aromatic N) is 3. The molecule has 2 N–H and O–H groups in total. The maximum atomic E-state index is 12.9. The van der Waals surface area contributed by atoms with Gasteiger partial charge in [-0.1, -0.05) is 12.1 Å². The Morgan fingerprint density at radius 2 is 2.03 bits per heavy atom. The van der Waals surface area contributed by atoms with Crippen molar-refractivity contribution in [3.63, 3.8) is 0 Å². The van der Waals surface area contributed by atoms with E-state index in [1.165, 1.54) is 11.3 Å². The first kappa shape index (κ1) is 20.6. The zero-order chi connectivity index (χ0) is 21.3. The molecule has 1 fully saturated rings. The highest BCUT2D eigenvalue weighted by atomic mass is 32.2. The number of carbonyl (C=O) groups excluding carboxylic acids is 1. The van der Waals surface area contributed by atoms with Crippen LogP contribution in [-0.2, 0) is 14.6 Å². The molecule has 0 unspecified atom stereocenters. The average molecular weight is 445 g/mol. The van der Waals surface area contributed by atoms with Crippen molar-refractivity contribution in [3.05, 3.63) is 48.0 Å². The Kier molecular flexibility index (Phi) is 5.66. The zero-order valence-electron chi connectivity index (χ0n) is 16.7. The fraction of sp³-hybridized carbons (Fsp3) is 0.333. The summed E-state index contributed by atoms with van der Waals surface area (Å²) in [5, 5.41) is 0. The molecule has 1 aromatic heterocycles. The molecule has 0 saturated carbocycles. The van der Waals surface area contributed by atoms with Crippen LogP contribution < -0.4 is 10.6 Å². The fourth-order valence-electron chi connectivity index (χ4n) is 3.86. The lowest BCUT2D eigenvalue weighted by atomic mass is 10.1. The number of nitrogens with two attached hydrogens (primary N) is 1. The van der Waals surface area contributed by atoms with Crippen LogP contribution in [0.25, 0.3) is 10.2 Å². The molecule has 0 bridgehead atoms. The number of thiazole rings is 1. The van der Waals surface area contributed by atoms with Gasteiger partial charge in [0.25, 0.3) is 0 Å². The summed E-state index contributed by atoms with van der Waals surface area (Å²) in [4.78, 5) is 21.2. The second-order valence-electron chi connectivity index (χ2n) is 7.50. The first-order valence-electron chi connectivity index (χ1n) is 9.80. The van der Waals surface area contributed by atoms with Crippen LogP contribution in [-0.4, -0.2) is 55.6 Å². The summed E-state index contributed by atoms with van der Waals surface area (Å²) in [6.07, 6.45) is -0.0276. The normalized spacial score (nSPS) is 17.4. The van der Waals surface area contributed by atoms with Crippen LogP contribution in [0.3, 0.4) is 0 Å². The SMILES string of the molecule is C[C@H]1CN(c2cccc(N)c2)CCN1C(=O)CCS(=O)(=O)c1cccc2ncsc12. The Morgan fingerprint density at radius 3 is 2.80 bits per heavy atom. The van der Waals surface area contributed by atoms with Crippen LogP contribution in [0.15, 0.2) is 52.9 Å².